The molecule has 3 aromatic rings. The second-order valence-corrected chi connectivity index (χ2v) is 9.07. The second kappa shape index (κ2) is 8.86. The summed E-state index contributed by atoms with van der Waals surface area (Å²) in [7, 11) is 0. The SMILES string of the molecule is CC(C)(O)c1nc(NC(=O)c2cc(F)cc(C(F)(F)F)c2)c2n1CC(=O)NC2c1cc(F)ccc1Cl. The summed E-state index contributed by atoms with van der Waals surface area (Å²) in [6.07, 6.45) is -4.90. The first-order chi connectivity index (χ1) is 16.6. The van der Waals surface area contributed by atoms with Crippen molar-refractivity contribution in [2.24, 2.45) is 0 Å². The van der Waals surface area contributed by atoms with Gasteiger partial charge >= 0.3 is 6.18 Å². The summed E-state index contributed by atoms with van der Waals surface area (Å²) in [5.74, 6) is -3.93. The van der Waals surface area contributed by atoms with Crippen molar-refractivity contribution in [3.8, 4) is 0 Å². The Balaban J connectivity index is 1.85. The normalized spacial score (nSPS) is 15.9. The molecule has 1 atom stereocenters. The molecule has 1 aromatic heterocycles. The molecule has 2 amide bonds. The second-order valence-electron chi connectivity index (χ2n) is 8.66. The Kier molecular flexibility index (Phi) is 6.29. The summed E-state index contributed by atoms with van der Waals surface area (Å²) in [6, 6.07) is 3.61. The number of imidazole rings is 1. The van der Waals surface area contributed by atoms with E-state index in [0.29, 0.717) is 12.1 Å². The Morgan fingerprint density at radius 2 is 1.86 bits per heavy atom. The molecule has 36 heavy (non-hydrogen) atoms. The number of carbonyl (C=O) groups is 2. The van der Waals surface area contributed by atoms with Crippen LogP contribution >= 0.6 is 11.6 Å². The van der Waals surface area contributed by atoms with Gasteiger partial charge in [-0.05, 0) is 50.2 Å². The number of hydrogen-bond donors (Lipinski definition) is 3. The molecule has 1 aliphatic heterocycles. The smallest absolute Gasteiger partial charge is 0.383 e. The van der Waals surface area contributed by atoms with Gasteiger partial charge in [0.05, 0.1) is 17.3 Å². The van der Waals surface area contributed by atoms with E-state index in [-0.39, 0.29) is 40.5 Å². The van der Waals surface area contributed by atoms with Crippen LogP contribution < -0.4 is 10.6 Å². The van der Waals surface area contributed by atoms with Crippen molar-refractivity contribution < 1.29 is 36.6 Å². The first-order valence-electron chi connectivity index (χ1n) is 10.4. The minimum atomic E-state index is -4.90. The number of anilines is 1. The number of fused-ring (bicyclic) bond motifs is 1. The van der Waals surface area contributed by atoms with Crippen LogP contribution in [0.3, 0.4) is 0 Å². The van der Waals surface area contributed by atoms with Crippen LogP contribution in [0.15, 0.2) is 36.4 Å². The largest absolute Gasteiger partial charge is 0.416 e. The molecule has 7 nitrogen and oxygen atoms in total. The molecular weight excluding hydrogens is 511 g/mol. The zero-order chi connectivity index (χ0) is 26.6. The maximum Gasteiger partial charge on any atom is 0.416 e. The standard InChI is InChI=1S/C23H18ClF5N4O3/c1-22(2,36)21-32-19(31-20(35)10-5-11(23(27,28)29)7-13(26)6-10)18-17(30-16(34)9-33(18)21)14-8-12(25)3-4-15(14)24/h3-8,17,36H,9H2,1-2H3,(H,30,34)(H,31,35). The van der Waals surface area contributed by atoms with E-state index in [0.717, 1.165) is 12.1 Å². The monoisotopic (exact) mass is 528 g/mol. The molecule has 0 saturated carbocycles. The van der Waals surface area contributed by atoms with E-state index >= 15 is 0 Å². The Morgan fingerprint density at radius 3 is 2.50 bits per heavy atom. The molecule has 0 fully saturated rings. The average molecular weight is 529 g/mol. The fourth-order valence-electron chi connectivity index (χ4n) is 3.92. The molecule has 13 heteroatoms. The van der Waals surface area contributed by atoms with Gasteiger partial charge < -0.3 is 20.3 Å². The van der Waals surface area contributed by atoms with Crippen molar-refractivity contribution in [2.45, 2.75) is 38.2 Å². The number of carbonyl (C=O) groups excluding carboxylic acids is 2. The summed E-state index contributed by atoms with van der Waals surface area (Å²) >= 11 is 6.24. The van der Waals surface area contributed by atoms with Crippen molar-refractivity contribution in [3.05, 3.63) is 81.3 Å². The molecular formula is C23H18ClF5N4O3. The molecule has 0 saturated heterocycles. The van der Waals surface area contributed by atoms with Crippen LogP contribution in [0.25, 0.3) is 0 Å². The van der Waals surface area contributed by atoms with E-state index in [9.17, 15) is 36.6 Å². The molecule has 190 valence electrons. The van der Waals surface area contributed by atoms with E-state index in [4.69, 9.17) is 11.6 Å². The molecule has 0 bridgehead atoms. The maximum atomic E-state index is 14.0. The molecule has 0 spiro atoms. The van der Waals surface area contributed by atoms with Crippen molar-refractivity contribution in [1.29, 1.82) is 0 Å². The molecule has 2 aromatic carbocycles. The fraction of sp³-hybridized carbons (Fsp3) is 0.261. The van der Waals surface area contributed by atoms with Crippen LogP contribution in [0.5, 0.6) is 0 Å². The zero-order valence-electron chi connectivity index (χ0n) is 18.7. The van der Waals surface area contributed by atoms with Gasteiger partial charge in [0, 0.05) is 16.1 Å². The zero-order valence-corrected chi connectivity index (χ0v) is 19.4. The van der Waals surface area contributed by atoms with Gasteiger partial charge in [-0.3, -0.25) is 9.59 Å². The van der Waals surface area contributed by atoms with Crippen molar-refractivity contribution in [1.82, 2.24) is 14.9 Å². The van der Waals surface area contributed by atoms with Crippen molar-refractivity contribution in [2.75, 3.05) is 5.32 Å². The van der Waals surface area contributed by atoms with Crippen LogP contribution in [-0.2, 0) is 23.1 Å². The molecule has 1 unspecified atom stereocenters. The van der Waals surface area contributed by atoms with Gasteiger partial charge in [-0.15, -0.1) is 0 Å². The van der Waals surface area contributed by atoms with Gasteiger partial charge in [0.2, 0.25) is 5.91 Å². The number of amides is 2. The Labute approximate surface area is 205 Å². The predicted molar refractivity (Wildman–Crippen MR) is 118 cm³/mol. The molecule has 4 rings (SSSR count). The molecule has 0 radical (unpaired) electrons. The van der Waals surface area contributed by atoms with Crippen molar-refractivity contribution in [3.63, 3.8) is 0 Å². The summed E-state index contributed by atoms with van der Waals surface area (Å²) < 4.78 is 68.6. The quantitative estimate of drug-likeness (QED) is 0.434. The summed E-state index contributed by atoms with van der Waals surface area (Å²) in [4.78, 5) is 29.6. The van der Waals surface area contributed by atoms with Crippen LogP contribution in [0.4, 0.5) is 27.8 Å². The summed E-state index contributed by atoms with van der Waals surface area (Å²) in [6.45, 7) is 2.40. The third-order valence-electron chi connectivity index (χ3n) is 5.42. The highest BCUT2D eigenvalue weighted by atomic mass is 35.5. The van der Waals surface area contributed by atoms with Gasteiger partial charge in [0.15, 0.2) is 5.82 Å². The van der Waals surface area contributed by atoms with Crippen LogP contribution in [-0.4, -0.2) is 26.5 Å². The van der Waals surface area contributed by atoms with Gasteiger partial charge in [-0.25, -0.2) is 13.8 Å². The molecule has 0 aliphatic carbocycles. The number of hydrogen-bond acceptors (Lipinski definition) is 4. The average Bonchev–Trinajstić information content (AvgIpc) is 3.12. The number of aromatic nitrogens is 2. The first kappa shape index (κ1) is 25.6. The third-order valence-corrected chi connectivity index (χ3v) is 5.77. The lowest BCUT2D eigenvalue weighted by Gasteiger charge is -2.29. The number of rotatable bonds is 4. The number of nitrogens with zero attached hydrogens (tertiary/aromatic N) is 2. The molecule has 3 N–H and O–H groups in total. The van der Waals surface area contributed by atoms with E-state index in [2.05, 4.69) is 15.6 Å². The maximum absolute atomic E-state index is 14.0. The number of benzene rings is 2. The third kappa shape index (κ3) is 4.91. The summed E-state index contributed by atoms with van der Waals surface area (Å²) in [5, 5.41) is 15.6. The minimum Gasteiger partial charge on any atom is -0.383 e. The number of alkyl halides is 3. The van der Waals surface area contributed by atoms with Crippen LogP contribution in [0, 0.1) is 11.6 Å². The van der Waals surface area contributed by atoms with E-state index in [1.165, 1.54) is 24.5 Å². The Morgan fingerprint density at radius 1 is 1.17 bits per heavy atom. The Hall–Kier alpha value is -3.51. The highest BCUT2D eigenvalue weighted by Crippen LogP contribution is 2.38. The first-order valence-corrected chi connectivity index (χ1v) is 10.8. The molecule has 2 heterocycles. The lowest BCUT2D eigenvalue weighted by molar-refractivity contribution is -0.137. The number of aliphatic hydroxyl groups is 1. The highest BCUT2D eigenvalue weighted by molar-refractivity contribution is 6.31. The summed E-state index contributed by atoms with van der Waals surface area (Å²) in [5.41, 5.74) is -3.45. The van der Waals surface area contributed by atoms with E-state index in [1.54, 1.807) is 0 Å². The predicted octanol–water partition coefficient (Wildman–Crippen LogP) is 4.53. The van der Waals surface area contributed by atoms with Crippen LogP contribution in [0.1, 0.15) is 52.9 Å². The lowest BCUT2D eigenvalue weighted by Crippen LogP contribution is -2.41. The van der Waals surface area contributed by atoms with Crippen molar-refractivity contribution >= 4 is 29.2 Å². The molecule has 1 aliphatic rings. The number of nitrogens with one attached hydrogen (secondary N) is 2. The van der Waals surface area contributed by atoms with Gasteiger partial charge in [0.1, 0.15) is 29.6 Å². The van der Waals surface area contributed by atoms with Gasteiger partial charge in [-0.2, -0.15) is 13.2 Å². The van der Waals surface area contributed by atoms with Crippen LogP contribution in [0.2, 0.25) is 5.02 Å². The minimum absolute atomic E-state index is 0.0598. The fourth-order valence-corrected chi connectivity index (χ4v) is 4.15. The van der Waals surface area contributed by atoms with E-state index < -0.39 is 52.4 Å². The highest BCUT2D eigenvalue weighted by Gasteiger charge is 2.38. The van der Waals surface area contributed by atoms with E-state index in [1.807, 2.05) is 0 Å². The van der Waals surface area contributed by atoms with Gasteiger partial charge in [0.25, 0.3) is 5.91 Å². The van der Waals surface area contributed by atoms with Gasteiger partial charge in [-0.1, -0.05) is 11.6 Å². The number of halogens is 6. The Bertz CT molecular complexity index is 1380. The lowest BCUT2D eigenvalue weighted by atomic mass is 10.0. The topological polar surface area (TPSA) is 96.2 Å².